The fraction of sp³-hybridized carbons (Fsp3) is 0.188. The number of rotatable bonds is 4. The van der Waals surface area contributed by atoms with Gasteiger partial charge in [0.25, 0.3) is 5.91 Å². The number of carbonyl (C=O) groups is 1. The Labute approximate surface area is 139 Å². The van der Waals surface area contributed by atoms with Gasteiger partial charge in [0.05, 0.1) is 4.90 Å². The number of carbonyl (C=O) groups excluding carboxylic acids is 1. The van der Waals surface area contributed by atoms with Crippen molar-refractivity contribution in [2.24, 2.45) is 5.14 Å². The van der Waals surface area contributed by atoms with Crippen LogP contribution in [0.15, 0.2) is 47.4 Å². The Morgan fingerprint density at radius 2 is 1.71 bits per heavy atom. The molecule has 2 aromatic carbocycles. The van der Waals surface area contributed by atoms with Crippen LogP contribution >= 0.6 is 0 Å². The number of primary sulfonamides is 1. The molecular formula is C16H16N2O5S. The number of benzene rings is 2. The zero-order chi connectivity index (χ0) is 17.2. The smallest absolute Gasteiger partial charge is 0.251 e. The third-order valence-corrected chi connectivity index (χ3v) is 4.44. The fourth-order valence-electron chi connectivity index (χ4n) is 2.27. The number of fused-ring (bicyclic) bond motifs is 1. The first kappa shape index (κ1) is 16.3. The first-order valence-corrected chi connectivity index (χ1v) is 8.78. The minimum Gasteiger partial charge on any atom is -0.486 e. The van der Waals surface area contributed by atoms with Crippen LogP contribution in [0.1, 0.15) is 15.9 Å². The van der Waals surface area contributed by atoms with Crippen LogP contribution in [0, 0.1) is 0 Å². The van der Waals surface area contributed by atoms with Crippen molar-refractivity contribution in [2.45, 2.75) is 11.4 Å². The molecule has 1 heterocycles. The number of nitrogens with one attached hydrogen (secondary N) is 1. The van der Waals surface area contributed by atoms with Gasteiger partial charge in [-0.15, -0.1) is 0 Å². The lowest BCUT2D eigenvalue weighted by Crippen LogP contribution is -2.23. The molecule has 24 heavy (non-hydrogen) atoms. The maximum absolute atomic E-state index is 12.2. The number of sulfonamides is 1. The van der Waals surface area contributed by atoms with Crippen molar-refractivity contribution in [3.8, 4) is 11.5 Å². The van der Waals surface area contributed by atoms with E-state index >= 15 is 0 Å². The van der Waals surface area contributed by atoms with Gasteiger partial charge in [-0.2, -0.15) is 0 Å². The molecule has 0 fully saturated rings. The normalized spacial score (nSPS) is 13.4. The maximum atomic E-state index is 12.2. The molecule has 3 N–H and O–H groups in total. The molecule has 126 valence electrons. The van der Waals surface area contributed by atoms with E-state index in [4.69, 9.17) is 14.6 Å². The molecule has 0 saturated heterocycles. The zero-order valence-corrected chi connectivity index (χ0v) is 13.5. The molecule has 7 nitrogen and oxygen atoms in total. The van der Waals surface area contributed by atoms with Gasteiger partial charge in [-0.1, -0.05) is 12.1 Å². The van der Waals surface area contributed by atoms with Crippen molar-refractivity contribution in [1.82, 2.24) is 5.32 Å². The molecule has 1 aliphatic heterocycles. The quantitative estimate of drug-likeness (QED) is 0.858. The third-order valence-electron chi connectivity index (χ3n) is 3.51. The Balaban J connectivity index is 1.65. The highest BCUT2D eigenvalue weighted by atomic mass is 32.2. The van der Waals surface area contributed by atoms with Crippen molar-refractivity contribution in [2.75, 3.05) is 13.2 Å². The fourth-order valence-corrected chi connectivity index (χ4v) is 2.78. The molecule has 0 aliphatic carbocycles. The van der Waals surface area contributed by atoms with Gasteiger partial charge in [0.1, 0.15) is 13.2 Å². The van der Waals surface area contributed by atoms with E-state index in [1.54, 1.807) is 30.3 Å². The second-order valence-electron chi connectivity index (χ2n) is 5.23. The average molecular weight is 348 g/mol. The number of hydrogen-bond acceptors (Lipinski definition) is 5. The first-order valence-electron chi connectivity index (χ1n) is 7.23. The molecule has 1 aliphatic rings. The number of ether oxygens (including phenoxy) is 2. The Kier molecular flexibility index (Phi) is 4.41. The predicted molar refractivity (Wildman–Crippen MR) is 86.4 cm³/mol. The monoisotopic (exact) mass is 348 g/mol. The van der Waals surface area contributed by atoms with Gasteiger partial charge in [-0.25, -0.2) is 13.6 Å². The summed E-state index contributed by atoms with van der Waals surface area (Å²) in [7, 11) is -3.72. The Hall–Kier alpha value is -2.58. The zero-order valence-electron chi connectivity index (χ0n) is 12.7. The number of nitrogens with two attached hydrogens (primary N) is 1. The van der Waals surface area contributed by atoms with E-state index in [0.29, 0.717) is 30.3 Å². The van der Waals surface area contributed by atoms with E-state index in [2.05, 4.69) is 5.32 Å². The standard InChI is InChI=1S/C16H16N2O5S/c17-24(20,21)13-4-1-11(2-5-13)10-18-16(19)12-3-6-14-15(9-12)23-8-7-22-14/h1-6,9H,7-8,10H2,(H,18,19)(H2,17,20,21). The summed E-state index contributed by atoms with van der Waals surface area (Å²) in [4.78, 5) is 12.2. The first-order chi connectivity index (χ1) is 11.4. The molecule has 2 aromatic rings. The minimum atomic E-state index is -3.72. The second-order valence-corrected chi connectivity index (χ2v) is 6.79. The van der Waals surface area contributed by atoms with Crippen LogP contribution in [-0.4, -0.2) is 27.5 Å². The molecule has 8 heteroatoms. The average Bonchev–Trinajstić information content (AvgIpc) is 2.59. The van der Waals surface area contributed by atoms with Crippen LogP contribution in [0.25, 0.3) is 0 Å². The lowest BCUT2D eigenvalue weighted by atomic mass is 10.1. The van der Waals surface area contributed by atoms with Crippen LogP contribution in [-0.2, 0) is 16.6 Å². The van der Waals surface area contributed by atoms with Crippen LogP contribution in [0.3, 0.4) is 0 Å². The van der Waals surface area contributed by atoms with Gasteiger partial charge in [0.15, 0.2) is 11.5 Å². The molecule has 0 unspecified atom stereocenters. The molecular weight excluding hydrogens is 332 g/mol. The number of hydrogen-bond donors (Lipinski definition) is 2. The molecule has 0 atom stereocenters. The molecule has 0 bridgehead atoms. The van der Waals surface area contributed by atoms with Crippen LogP contribution < -0.4 is 19.9 Å². The van der Waals surface area contributed by atoms with E-state index in [-0.39, 0.29) is 17.3 Å². The second kappa shape index (κ2) is 6.50. The largest absolute Gasteiger partial charge is 0.486 e. The maximum Gasteiger partial charge on any atom is 0.251 e. The van der Waals surface area contributed by atoms with Crippen molar-refractivity contribution >= 4 is 15.9 Å². The van der Waals surface area contributed by atoms with Crippen molar-refractivity contribution in [3.63, 3.8) is 0 Å². The highest BCUT2D eigenvalue weighted by Gasteiger charge is 2.15. The summed E-state index contributed by atoms with van der Waals surface area (Å²) in [5.41, 5.74) is 1.22. The lowest BCUT2D eigenvalue weighted by Gasteiger charge is -2.18. The Bertz CT molecular complexity index is 863. The predicted octanol–water partition coefficient (Wildman–Crippen LogP) is 1.04. The summed E-state index contributed by atoms with van der Waals surface area (Å²) in [6.45, 7) is 1.21. The van der Waals surface area contributed by atoms with Crippen LogP contribution in [0.5, 0.6) is 11.5 Å². The van der Waals surface area contributed by atoms with E-state index in [1.807, 2.05) is 0 Å². The lowest BCUT2D eigenvalue weighted by molar-refractivity contribution is 0.0949. The van der Waals surface area contributed by atoms with E-state index in [0.717, 1.165) is 5.56 Å². The van der Waals surface area contributed by atoms with E-state index in [9.17, 15) is 13.2 Å². The van der Waals surface area contributed by atoms with Crippen LogP contribution in [0.4, 0.5) is 0 Å². The Morgan fingerprint density at radius 1 is 1.04 bits per heavy atom. The minimum absolute atomic E-state index is 0.0319. The molecule has 0 aromatic heterocycles. The number of amides is 1. The third kappa shape index (κ3) is 3.66. The van der Waals surface area contributed by atoms with Crippen molar-refractivity contribution in [1.29, 1.82) is 0 Å². The van der Waals surface area contributed by atoms with Crippen LogP contribution in [0.2, 0.25) is 0 Å². The highest BCUT2D eigenvalue weighted by molar-refractivity contribution is 7.89. The molecule has 1 amide bonds. The molecule has 0 radical (unpaired) electrons. The van der Waals surface area contributed by atoms with Gasteiger partial charge in [-0.05, 0) is 35.9 Å². The van der Waals surface area contributed by atoms with Crippen molar-refractivity contribution in [3.05, 3.63) is 53.6 Å². The SMILES string of the molecule is NS(=O)(=O)c1ccc(CNC(=O)c2ccc3c(c2)OCCO3)cc1. The highest BCUT2D eigenvalue weighted by Crippen LogP contribution is 2.30. The topological polar surface area (TPSA) is 108 Å². The summed E-state index contributed by atoms with van der Waals surface area (Å²) in [6, 6.07) is 11.0. The summed E-state index contributed by atoms with van der Waals surface area (Å²) in [6.07, 6.45) is 0. The summed E-state index contributed by atoms with van der Waals surface area (Å²) in [5.74, 6) is 0.908. The van der Waals surface area contributed by atoms with Gasteiger partial charge in [0.2, 0.25) is 10.0 Å². The van der Waals surface area contributed by atoms with Gasteiger partial charge < -0.3 is 14.8 Å². The summed E-state index contributed by atoms with van der Waals surface area (Å²) < 4.78 is 33.3. The molecule has 3 rings (SSSR count). The van der Waals surface area contributed by atoms with Gasteiger partial charge >= 0.3 is 0 Å². The molecule has 0 saturated carbocycles. The summed E-state index contributed by atoms with van der Waals surface area (Å²) in [5, 5.41) is 7.81. The van der Waals surface area contributed by atoms with Gasteiger partial charge in [0, 0.05) is 12.1 Å². The van der Waals surface area contributed by atoms with Crippen molar-refractivity contribution < 1.29 is 22.7 Å². The Morgan fingerprint density at radius 3 is 2.38 bits per heavy atom. The van der Waals surface area contributed by atoms with Gasteiger partial charge in [-0.3, -0.25) is 4.79 Å². The molecule has 0 spiro atoms. The summed E-state index contributed by atoms with van der Waals surface area (Å²) >= 11 is 0. The van der Waals surface area contributed by atoms with E-state index in [1.165, 1.54) is 12.1 Å². The van der Waals surface area contributed by atoms with E-state index < -0.39 is 10.0 Å².